The van der Waals surface area contributed by atoms with Gasteiger partial charge in [-0.3, -0.25) is 0 Å². The van der Waals surface area contributed by atoms with E-state index in [2.05, 4.69) is 47.0 Å². The van der Waals surface area contributed by atoms with Gasteiger partial charge in [-0.2, -0.15) is 0 Å². The zero-order valence-corrected chi connectivity index (χ0v) is 11.1. The molecule has 0 fully saturated rings. The van der Waals surface area contributed by atoms with E-state index in [9.17, 15) is 0 Å². The molecule has 0 amide bonds. The first-order valence-corrected chi connectivity index (χ1v) is 6.49. The molecule has 0 aliphatic heterocycles. The van der Waals surface area contributed by atoms with E-state index in [4.69, 9.17) is 4.74 Å². The van der Waals surface area contributed by atoms with Crippen molar-refractivity contribution in [2.45, 2.75) is 13.8 Å². The molecule has 2 rings (SSSR count). The van der Waals surface area contributed by atoms with Crippen molar-refractivity contribution in [3.63, 3.8) is 0 Å². The molecule has 0 aliphatic rings. The molecule has 1 nitrogen and oxygen atoms in total. The fourth-order valence-electron chi connectivity index (χ4n) is 1.54. The van der Waals surface area contributed by atoms with Crippen LogP contribution in [0.15, 0.2) is 17.5 Å². The van der Waals surface area contributed by atoms with Gasteiger partial charge < -0.3 is 4.74 Å². The number of fused-ring (bicyclic) bond motifs is 1. The predicted octanol–water partition coefficient (Wildman–Crippen LogP) is 4.21. The van der Waals surface area contributed by atoms with Crippen molar-refractivity contribution in [2.75, 3.05) is 6.61 Å². The Balaban J connectivity index is 2.69. The fraction of sp³-hybridized carbons (Fsp3) is 0.273. The van der Waals surface area contributed by atoms with Crippen LogP contribution in [-0.2, 0) is 0 Å². The molecule has 0 bridgehead atoms. The Hall–Kier alpha value is -0.290. The van der Waals surface area contributed by atoms with Gasteiger partial charge in [-0.05, 0) is 59.3 Å². The summed E-state index contributed by atoms with van der Waals surface area (Å²) in [6, 6.07) is 4.34. The normalized spacial score (nSPS) is 10.8. The van der Waals surface area contributed by atoms with Gasteiger partial charge in [0, 0.05) is 10.3 Å². The lowest BCUT2D eigenvalue weighted by molar-refractivity contribution is 0.336. The molecule has 0 saturated heterocycles. The summed E-state index contributed by atoms with van der Waals surface area (Å²) in [6.45, 7) is 4.88. The van der Waals surface area contributed by atoms with Crippen LogP contribution in [0.5, 0.6) is 5.75 Å². The van der Waals surface area contributed by atoms with Crippen molar-refractivity contribution in [1.82, 2.24) is 0 Å². The summed E-state index contributed by atoms with van der Waals surface area (Å²) in [5.41, 5.74) is 1.27. The smallest absolute Gasteiger partial charge is 0.136 e. The standard InChI is InChI=1S/C11H11IOS/c1-3-13-10-7(2)11-8(4-5-14-11)6-9(10)12/h4-6H,3H2,1-2H3. The molecule has 0 radical (unpaired) electrons. The third-order valence-corrected chi connectivity index (χ3v) is 4.02. The van der Waals surface area contributed by atoms with Crippen molar-refractivity contribution in [2.24, 2.45) is 0 Å². The van der Waals surface area contributed by atoms with E-state index in [1.165, 1.54) is 19.2 Å². The maximum Gasteiger partial charge on any atom is 0.136 e. The second kappa shape index (κ2) is 4.06. The Labute approximate surface area is 101 Å². The lowest BCUT2D eigenvalue weighted by Crippen LogP contribution is -1.96. The number of aryl methyl sites for hydroxylation is 1. The van der Waals surface area contributed by atoms with E-state index in [0.29, 0.717) is 0 Å². The summed E-state index contributed by atoms with van der Waals surface area (Å²) in [5.74, 6) is 1.04. The van der Waals surface area contributed by atoms with Crippen LogP contribution in [0.1, 0.15) is 12.5 Å². The summed E-state index contributed by atoms with van der Waals surface area (Å²) in [4.78, 5) is 0. The summed E-state index contributed by atoms with van der Waals surface area (Å²) in [6.07, 6.45) is 0. The van der Waals surface area contributed by atoms with Crippen LogP contribution in [0.4, 0.5) is 0 Å². The Morgan fingerprint density at radius 2 is 2.29 bits per heavy atom. The molecule has 0 unspecified atom stereocenters. The number of halogens is 1. The van der Waals surface area contributed by atoms with Crippen LogP contribution < -0.4 is 4.74 Å². The maximum absolute atomic E-state index is 5.64. The quantitative estimate of drug-likeness (QED) is 0.754. The highest BCUT2D eigenvalue weighted by Crippen LogP contribution is 2.35. The summed E-state index contributed by atoms with van der Waals surface area (Å²) < 4.78 is 8.19. The van der Waals surface area contributed by atoms with Gasteiger partial charge in [-0.1, -0.05) is 0 Å². The number of hydrogen-bond acceptors (Lipinski definition) is 2. The molecule has 1 aromatic carbocycles. The van der Waals surface area contributed by atoms with Gasteiger partial charge >= 0.3 is 0 Å². The monoisotopic (exact) mass is 318 g/mol. The van der Waals surface area contributed by atoms with Crippen molar-refractivity contribution in [3.8, 4) is 5.75 Å². The van der Waals surface area contributed by atoms with Crippen LogP contribution in [-0.4, -0.2) is 6.61 Å². The van der Waals surface area contributed by atoms with E-state index < -0.39 is 0 Å². The third kappa shape index (κ3) is 1.63. The molecule has 0 spiro atoms. The van der Waals surface area contributed by atoms with E-state index >= 15 is 0 Å². The average Bonchev–Trinajstić information content (AvgIpc) is 2.60. The van der Waals surface area contributed by atoms with Crippen molar-refractivity contribution in [3.05, 3.63) is 26.6 Å². The summed E-state index contributed by atoms with van der Waals surface area (Å²) in [5, 5.41) is 3.45. The number of benzene rings is 1. The SMILES string of the molecule is CCOc1c(I)cc2ccsc2c1C. The summed E-state index contributed by atoms with van der Waals surface area (Å²) >= 11 is 4.11. The molecule has 1 heterocycles. The lowest BCUT2D eigenvalue weighted by Gasteiger charge is -2.10. The maximum atomic E-state index is 5.64. The van der Waals surface area contributed by atoms with E-state index in [-0.39, 0.29) is 0 Å². The Morgan fingerprint density at radius 1 is 1.50 bits per heavy atom. The van der Waals surface area contributed by atoms with Crippen molar-refractivity contribution >= 4 is 44.0 Å². The minimum atomic E-state index is 0.730. The first-order valence-electron chi connectivity index (χ1n) is 4.53. The van der Waals surface area contributed by atoms with E-state index in [1.807, 2.05) is 6.92 Å². The third-order valence-electron chi connectivity index (χ3n) is 2.16. The molecule has 0 atom stereocenters. The van der Waals surface area contributed by atoms with Crippen LogP contribution in [0, 0.1) is 10.5 Å². The number of thiophene rings is 1. The Bertz CT molecular complexity index is 462. The molecule has 0 N–H and O–H groups in total. The van der Waals surface area contributed by atoms with Gasteiger partial charge in [0.05, 0.1) is 10.2 Å². The van der Waals surface area contributed by atoms with Crippen LogP contribution >= 0.6 is 33.9 Å². The van der Waals surface area contributed by atoms with Crippen LogP contribution in [0.2, 0.25) is 0 Å². The van der Waals surface area contributed by atoms with E-state index in [1.54, 1.807) is 11.3 Å². The minimum absolute atomic E-state index is 0.730. The lowest BCUT2D eigenvalue weighted by atomic mass is 10.2. The van der Waals surface area contributed by atoms with Gasteiger partial charge in [0.25, 0.3) is 0 Å². The van der Waals surface area contributed by atoms with E-state index in [0.717, 1.165) is 12.4 Å². The van der Waals surface area contributed by atoms with Gasteiger partial charge in [-0.25, -0.2) is 0 Å². The van der Waals surface area contributed by atoms with Gasteiger partial charge in [0.1, 0.15) is 5.75 Å². The zero-order valence-electron chi connectivity index (χ0n) is 8.13. The van der Waals surface area contributed by atoms with Crippen LogP contribution in [0.3, 0.4) is 0 Å². The number of rotatable bonds is 2. The molecule has 14 heavy (non-hydrogen) atoms. The fourth-order valence-corrected chi connectivity index (χ4v) is 3.32. The molecule has 2 aromatic rings. The molecule has 3 heteroatoms. The van der Waals surface area contributed by atoms with Crippen molar-refractivity contribution in [1.29, 1.82) is 0 Å². The molecular formula is C11H11IOS. The highest BCUT2D eigenvalue weighted by Gasteiger charge is 2.09. The first-order chi connectivity index (χ1) is 6.74. The zero-order chi connectivity index (χ0) is 10.1. The van der Waals surface area contributed by atoms with Crippen molar-refractivity contribution < 1.29 is 4.74 Å². The van der Waals surface area contributed by atoms with Gasteiger partial charge in [0.2, 0.25) is 0 Å². The highest BCUT2D eigenvalue weighted by atomic mass is 127. The second-order valence-corrected chi connectivity index (χ2v) is 5.16. The second-order valence-electron chi connectivity index (χ2n) is 3.08. The molecule has 0 saturated carbocycles. The Kier molecular flexibility index (Phi) is 2.97. The number of hydrogen-bond donors (Lipinski definition) is 0. The first kappa shape index (κ1) is 10.2. The largest absolute Gasteiger partial charge is 0.492 e. The summed E-state index contributed by atoms with van der Waals surface area (Å²) in [7, 11) is 0. The predicted molar refractivity (Wildman–Crippen MR) is 70.4 cm³/mol. The number of ether oxygens (including phenoxy) is 1. The Morgan fingerprint density at radius 3 is 3.00 bits per heavy atom. The minimum Gasteiger partial charge on any atom is -0.492 e. The van der Waals surface area contributed by atoms with Gasteiger partial charge in [-0.15, -0.1) is 11.3 Å². The topological polar surface area (TPSA) is 9.23 Å². The van der Waals surface area contributed by atoms with Gasteiger partial charge in [0.15, 0.2) is 0 Å². The van der Waals surface area contributed by atoms with Crippen LogP contribution in [0.25, 0.3) is 10.1 Å². The molecular weight excluding hydrogens is 307 g/mol. The average molecular weight is 318 g/mol. The molecule has 74 valence electrons. The highest BCUT2D eigenvalue weighted by molar-refractivity contribution is 14.1. The molecule has 1 aromatic heterocycles. The molecule has 0 aliphatic carbocycles.